The van der Waals surface area contributed by atoms with Gasteiger partial charge in [-0.3, -0.25) is 4.98 Å². The van der Waals surface area contributed by atoms with Crippen molar-refractivity contribution in [1.82, 2.24) is 4.98 Å². The van der Waals surface area contributed by atoms with Crippen molar-refractivity contribution < 1.29 is 5.11 Å². The van der Waals surface area contributed by atoms with Crippen molar-refractivity contribution in [3.8, 4) is 11.1 Å². The van der Waals surface area contributed by atoms with Gasteiger partial charge in [0.25, 0.3) is 0 Å². The van der Waals surface area contributed by atoms with Gasteiger partial charge in [0.2, 0.25) is 0 Å². The molecule has 104 valence electrons. The number of benzene rings is 2. The standard InChI is InChI=1S/C18H16N2O/c19-17-10-11-20-12-16(17)18(21)15-8-6-14(7-9-15)13-4-2-1-3-5-13/h1-12,18,21H,(H2,19,20). The number of hydrogen-bond acceptors (Lipinski definition) is 3. The zero-order valence-corrected chi connectivity index (χ0v) is 11.5. The highest BCUT2D eigenvalue weighted by atomic mass is 16.3. The van der Waals surface area contributed by atoms with Crippen LogP contribution in [-0.4, -0.2) is 10.1 Å². The van der Waals surface area contributed by atoms with Crippen LogP contribution in [0.3, 0.4) is 0 Å². The SMILES string of the molecule is Nc1ccncc1C(O)c1ccc(-c2ccccc2)cc1. The minimum atomic E-state index is -0.761. The number of rotatable bonds is 3. The Morgan fingerprint density at radius 3 is 2.19 bits per heavy atom. The fraction of sp³-hybridized carbons (Fsp3) is 0.0556. The molecular weight excluding hydrogens is 260 g/mol. The molecule has 3 heteroatoms. The maximum atomic E-state index is 10.4. The number of aliphatic hydroxyl groups excluding tert-OH is 1. The van der Waals surface area contributed by atoms with E-state index in [1.54, 1.807) is 18.5 Å². The van der Waals surface area contributed by atoms with E-state index in [1.165, 1.54) is 0 Å². The highest BCUT2D eigenvalue weighted by molar-refractivity contribution is 5.63. The Bertz CT molecular complexity index is 724. The van der Waals surface area contributed by atoms with E-state index in [4.69, 9.17) is 5.73 Å². The van der Waals surface area contributed by atoms with Crippen LogP contribution in [0.15, 0.2) is 73.1 Å². The molecule has 0 fully saturated rings. The fourth-order valence-corrected chi connectivity index (χ4v) is 2.31. The van der Waals surface area contributed by atoms with Crippen LogP contribution in [0, 0.1) is 0 Å². The molecule has 0 saturated carbocycles. The maximum Gasteiger partial charge on any atom is 0.108 e. The average molecular weight is 276 g/mol. The molecule has 0 amide bonds. The molecule has 0 spiro atoms. The molecule has 1 unspecified atom stereocenters. The second-order valence-electron chi connectivity index (χ2n) is 4.90. The summed E-state index contributed by atoms with van der Waals surface area (Å²) in [5, 5.41) is 10.4. The lowest BCUT2D eigenvalue weighted by Crippen LogP contribution is -2.04. The summed E-state index contributed by atoms with van der Waals surface area (Å²) < 4.78 is 0. The monoisotopic (exact) mass is 276 g/mol. The van der Waals surface area contributed by atoms with E-state index in [0.717, 1.165) is 16.7 Å². The minimum Gasteiger partial charge on any atom is -0.398 e. The first kappa shape index (κ1) is 13.3. The molecule has 3 N–H and O–H groups in total. The Hall–Kier alpha value is -2.65. The largest absolute Gasteiger partial charge is 0.398 e. The van der Waals surface area contributed by atoms with Crippen molar-refractivity contribution >= 4 is 5.69 Å². The first-order chi connectivity index (χ1) is 10.3. The summed E-state index contributed by atoms with van der Waals surface area (Å²) in [4.78, 5) is 4.02. The second kappa shape index (κ2) is 5.77. The molecular formula is C18H16N2O. The van der Waals surface area contributed by atoms with E-state index in [9.17, 15) is 5.11 Å². The number of pyridine rings is 1. The fourth-order valence-electron chi connectivity index (χ4n) is 2.31. The van der Waals surface area contributed by atoms with Gasteiger partial charge in [0, 0.05) is 23.6 Å². The molecule has 1 atom stereocenters. The van der Waals surface area contributed by atoms with Gasteiger partial charge in [-0.05, 0) is 22.8 Å². The van der Waals surface area contributed by atoms with Gasteiger partial charge in [-0.2, -0.15) is 0 Å². The number of nitrogens with two attached hydrogens (primary N) is 1. The summed E-state index contributed by atoms with van der Waals surface area (Å²) in [6.45, 7) is 0. The van der Waals surface area contributed by atoms with Gasteiger partial charge in [-0.25, -0.2) is 0 Å². The molecule has 0 saturated heterocycles. The van der Waals surface area contributed by atoms with Crippen LogP contribution < -0.4 is 5.73 Å². The van der Waals surface area contributed by atoms with Gasteiger partial charge in [-0.1, -0.05) is 54.6 Å². The predicted molar refractivity (Wildman–Crippen MR) is 84.6 cm³/mol. The van der Waals surface area contributed by atoms with Crippen molar-refractivity contribution in [3.05, 3.63) is 84.2 Å². The molecule has 3 nitrogen and oxygen atoms in total. The van der Waals surface area contributed by atoms with Gasteiger partial charge < -0.3 is 10.8 Å². The van der Waals surface area contributed by atoms with Crippen molar-refractivity contribution in [3.63, 3.8) is 0 Å². The lowest BCUT2D eigenvalue weighted by molar-refractivity contribution is 0.220. The quantitative estimate of drug-likeness (QED) is 0.770. The summed E-state index contributed by atoms with van der Waals surface area (Å²) >= 11 is 0. The molecule has 0 aliphatic carbocycles. The summed E-state index contributed by atoms with van der Waals surface area (Å²) in [6.07, 6.45) is 2.46. The number of anilines is 1. The van der Waals surface area contributed by atoms with Crippen molar-refractivity contribution in [2.24, 2.45) is 0 Å². The third-order valence-electron chi connectivity index (χ3n) is 3.52. The summed E-state index contributed by atoms with van der Waals surface area (Å²) in [5.74, 6) is 0. The van der Waals surface area contributed by atoms with E-state index in [0.29, 0.717) is 11.3 Å². The Morgan fingerprint density at radius 1 is 0.857 bits per heavy atom. The van der Waals surface area contributed by atoms with Crippen molar-refractivity contribution in [2.45, 2.75) is 6.10 Å². The van der Waals surface area contributed by atoms with Gasteiger partial charge in [0.15, 0.2) is 0 Å². The average Bonchev–Trinajstić information content (AvgIpc) is 2.56. The zero-order valence-electron chi connectivity index (χ0n) is 11.5. The van der Waals surface area contributed by atoms with Crippen LogP contribution in [0.25, 0.3) is 11.1 Å². The molecule has 0 aliphatic heterocycles. The molecule has 1 aromatic heterocycles. The highest BCUT2D eigenvalue weighted by Crippen LogP contribution is 2.27. The van der Waals surface area contributed by atoms with Crippen LogP contribution in [0.2, 0.25) is 0 Å². The van der Waals surface area contributed by atoms with Crippen molar-refractivity contribution in [1.29, 1.82) is 0 Å². The maximum absolute atomic E-state index is 10.4. The van der Waals surface area contributed by atoms with Crippen LogP contribution in [-0.2, 0) is 0 Å². The van der Waals surface area contributed by atoms with E-state index in [2.05, 4.69) is 17.1 Å². The molecule has 1 heterocycles. The van der Waals surface area contributed by atoms with E-state index >= 15 is 0 Å². The number of nitrogens with zero attached hydrogens (tertiary/aromatic N) is 1. The highest BCUT2D eigenvalue weighted by Gasteiger charge is 2.13. The third-order valence-corrected chi connectivity index (χ3v) is 3.52. The first-order valence-corrected chi connectivity index (χ1v) is 6.78. The topological polar surface area (TPSA) is 59.1 Å². The molecule has 0 aliphatic rings. The van der Waals surface area contributed by atoms with Gasteiger partial charge >= 0.3 is 0 Å². The smallest absolute Gasteiger partial charge is 0.108 e. The molecule has 3 aromatic rings. The third kappa shape index (κ3) is 2.78. The summed E-state index contributed by atoms with van der Waals surface area (Å²) in [7, 11) is 0. The van der Waals surface area contributed by atoms with E-state index < -0.39 is 6.10 Å². The molecule has 2 aromatic carbocycles. The lowest BCUT2D eigenvalue weighted by atomic mass is 9.98. The number of nitrogen functional groups attached to an aromatic ring is 1. The Kier molecular flexibility index (Phi) is 3.67. The molecule has 0 radical (unpaired) electrons. The van der Waals surface area contributed by atoms with Gasteiger partial charge in [0.1, 0.15) is 6.10 Å². The molecule has 3 rings (SSSR count). The Morgan fingerprint density at radius 2 is 1.52 bits per heavy atom. The predicted octanol–water partition coefficient (Wildman–Crippen LogP) is 3.41. The zero-order chi connectivity index (χ0) is 14.7. The van der Waals surface area contributed by atoms with E-state index in [-0.39, 0.29) is 0 Å². The van der Waals surface area contributed by atoms with Gasteiger partial charge in [-0.15, -0.1) is 0 Å². The summed E-state index contributed by atoms with van der Waals surface area (Å²) in [6, 6.07) is 19.7. The van der Waals surface area contributed by atoms with Crippen LogP contribution in [0.5, 0.6) is 0 Å². The van der Waals surface area contributed by atoms with Crippen LogP contribution in [0.1, 0.15) is 17.2 Å². The normalized spacial score (nSPS) is 12.0. The van der Waals surface area contributed by atoms with Gasteiger partial charge in [0.05, 0.1) is 0 Å². The number of aliphatic hydroxyl groups is 1. The van der Waals surface area contributed by atoms with E-state index in [1.807, 2.05) is 42.5 Å². The Labute approximate surface area is 123 Å². The second-order valence-corrected chi connectivity index (χ2v) is 4.90. The van der Waals surface area contributed by atoms with Crippen LogP contribution >= 0.6 is 0 Å². The molecule has 21 heavy (non-hydrogen) atoms. The van der Waals surface area contributed by atoms with Crippen LogP contribution in [0.4, 0.5) is 5.69 Å². The minimum absolute atomic E-state index is 0.546. The summed E-state index contributed by atoms with van der Waals surface area (Å²) in [5.41, 5.74) is 10.1. The number of hydrogen-bond donors (Lipinski definition) is 2. The molecule has 0 bridgehead atoms. The van der Waals surface area contributed by atoms with Crippen molar-refractivity contribution in [2.75, 3.05) is 5.73 Å². The first-order valence-electron chi connectivity index (χ1n) is 6.78. The number of aromatic nitrogens is 1. The Balaban J connectivity index is 1.89. The lowest BCUT2D eigenvalue weighted by Gasteiger charge is -2.13.